The molecule has 0 spiro atoms. The van der Waals surface area contributed by atoms with Gasteiger partial charge in [0.2, 0.25) is 11.8 Å². The van der Waals surface area contributed by atoms with Crippen molar-refractivity contribution < 1.29 is 9.59 Å². The summed E-state index contributed by atoms with van der Waals surface area (Å²) >= 11 is 0. The number of carbonyl (C=O) groups is 2. The number of hydrogen-bond acceptors (Lipinski definition) is 2. The Balaban J connectivity index is 1.89. The zero-order valence-electron chi connectivity index (χ0n) is 9.52. The quantitative estimate of drug-likeness (QED) is 0.607. The van der Waals surface area contributed by atoms with Crippen molar-refractivity contribution in [3.63, 3.8) is 0 Å². The number of fused-ring (bicyclic) bond motifs is 2. The zero-order valence-corrected chi connectivity index (χ0v) is 9.52. The van der Waals surface area contributed by atoms with E-state index in [-0.39, 0.29) is 23.9 Å². The summed E-state index contributed by atoms with van der Waals surface area (Å²) in [6.07, 6.45) is 6.02. The number of hydrogen-bond donors (Lipinski definition) is 0. The van der Waals surface area contributed by atoms with Gasteiger partial charge in [-0.2, -0.15) is 0 Å². The SMILES string of the molecule is O=C1[C@@H]2CCCCN2C(=O)[C@@H]2CCCCN12. The molecule has 0 saturated carbocycles. The van der Waals surface area contributed by atoms with Crippen molar-refractivity contribution in [1.82, 2.24) is 9.80 Å². The lowest BCUT2D eigenvalue weighted by Gasteiger charge is -2.48. The van der Waals surface area contributed by atoms with Gasteiger partial charge in [-0.15, -0.1) is 0 Å². The van der Waals surface area contributed by atoms with Gasteiger partial charge >= 0.3 is 0 Å². The molecular formula is C12H18N2O2. The number of rotatable bonds is 0. The van der Waals surface area contributed by atoms with E-state index in [1.165, 1.54) is 0 Å². The van der Waals surface area contributed by atoms with Crippen LogP contribution in [0.5, 0.6) is 0 Å². The van der Waals surface area contributed by atoms with Crippen LogP contribution in [0.4, 0.5) is 0 Å². The molecule has 0 aromatic rings. The van der Waals surface area contributed by atoms with Gasteiger partial charge in [0.05, 0.1) is 0 Å². The van der Waals surface area contributed by atoms with E-state index >= 15 is 0 Å². The molecule has 3 aliphatic rings. The minimum absolute atomic E-state index is 0.129. The van der Waals surface area contributed by atoms with Gasteiger partial charge in [-0.3, -0.25) is 9.59 Å². The first-order valence-corrected chi connectivity index (χ1v) is 6.40. The fourth-order valence-corrected chi connectivity index (χ4v) is 3.29. The van der Waals surface area contributed by atoms with Crippen molar-refractivity contribution in [2.75, 3.05) is 13.1 Å². The first-order valence-electron chi connectivity index (χ1n) is 6.40. The Kier molecular flexibility index (Phi) is 2.37. The van der Waals surface area contributed by atoms with E-state index in [2.05, 4.69) is 0 Å². The lowest BCUT2D eigenvalue weighted by Crippen LogP contribution is -2.66. The Morgan fingerprint density at radius 1 is 0.750 bits per heavy atom. The minimum Gasteiger partial charge on any atom is -0.329 e. The van der Waals surface area contributed by atoms with Crippen LogP contribution in [0.1, 0.15) is 38.5 Å². The van der Waals surface area contributed by atoms with Gasteiger partial charge < -0.3 is 9.80 Å². The molecule has 3 rings (SSSR count). The Bertz CT molecular complexity index is 269. The molecule has 2 atom stereocenters. The summed E-state index contributed by atoms with van der Waals surface area (Å²) in [6.45, 7) is 1.58. The topological polar surface area (TPSA) is 40.6 Å². The predicted octanol–water partition coefficient (Wildman–Crippen LogP) is 0.762. The van der Waals surface area contributed by atoms with E-state index in [1.54, 1.807) is 0 Å². The summed E-state index contributed by atoms with van der Waals surface area (Å²) in [5, 5.41) is 0. The molecule has 0 bridgehead atoms. The van der Waals surface area contributed by atoms with Gasteiger partial charge in [0.1, 0.15) is 12.1 Å². The Morgan fingerprint density at radius 3 is 1.62 bits per heavy atom. The second-order valence-electron chi connectivity index (χ2n) is 5.09. The highest BCUT2D eigenvalue weighted by molar-refractivity contribution is 5.97. The molecule has 4 heteroatoms. The Morgan fingerprint density at radius 2 is 1.19 bits per heavy atom. The molecule has 0 aliphatic carbocycles. The Labute approximate surface area is 95.6 Å². The van der Waals surface area contributed by atoms with Crippen LogP contribution < -0.4 is 0 Å². The maximum Gasteiger partial charge on any atom is 0.246 e. The lowest BCUT2D eigenvalue weighted by molar-refractivity contribution is -0.165. The van der Waals surface area contributed by atoms with Crippen molar-refractivity contribution >= 4 is 11.8 Å². The smallest absolute Gasteiger partial charge is 0.246 e. The molecule has 3 heterocycles. The maximum absolute atomic E-state index is 12.3. The van der Waals surface area contributed by atoms with Crippen molar-refractivity contribution in [1.29, 1.82) is 0 Å². The van der Waals surface area contributed by atoms with Gasteiger partial charge in [0.15, 0.2) is 0 Å². The highest BCUT2D eigenvalue weighted by Crippen LogP contribution is 2.30. The third-order valence-electron chi connectivity index (χ3n) is 4.14. The van der Waals surface area contributed by atoms with E-state index in [1.807, 2.05) is 9.80 Å². The van der Waals surface area contributed by atoms with Crippen LogP contribution in [0.25, 0.3) is 0 Å². The highest BCUT2D eigenvalue weighted by atomic mass is 16.2. The highest BCUT2D eigenvalue weighted by Gasteiger charge is 2.46. The molecular weight excluding hydrogens is 204 g/mol. The van der Waals surface area contributed by atoms with Crippen molar-refractivity contribution in [3.8, 4) is 0 Å². The molecule has 0 radical (unpaired) electrons. The van der Waals surface area contributed by atoms with Gasteiger partial charge in [0, 0.05) is 13.1 Å². The maximum atomic E-state index is 12.3. The van der Waals surface area contributed by atoms with Crippen LogP contribution in [0, 0.1) is 0 Å². The van der Waals surface area contributed by atoms with Crippen LogP contribution in [-0.4, -0.2) is 46.8 Å². The fourth-order valence-electron chi connectivity index (χ4n) is 3.29. The second-order valence-corrected chi connectivity index (χ2v) is 5.09. The van der Waals surface area contributed by atoms with Gasteiger partial charge in [-0.25, -0.2) is 0 Å². The lowest BCUT2D eigenvalue weighted by atomic mass is 9.91. The molecule has 2 amide bonds. The van der Waals surface area contributed by atoms with Crippen molar-refractivity contribution in [2.24, 2.45) is 0 Å². The standard InChI is InChI=1S/C12H18N2O2/c15-11-9-5-1-3-7-13(9)12(16)10-6-2-4-8-14(10)11/h9-10H,1-8H2/t9-,10-/m0/s1. The van der Waals surface area contributed by atoms with E-state index in [0.717, 1.165) is 51.6 Å². The summed E-state index contributed by atoms with van der Waals surface area (Å²) in [5.74, 6) is 0.424. The third kappa shape index (κ3) is 1.35. The first-order chi connectivity index (χ1) is 7.79. The largest absolute Gasteiger partial charge is 0.329 e. The van der Waals surface area contributed by atoms with E-state index in [4.69, 9.17) is 0 Å². The van der Waals surface area contributed by atoms with Crippen molar-refractivity contribution in [2.45, 2.75) is 50.6 Å². The zero-order chi connectivity index (χ0) is 11.1. The van der Waals surface area contributed by atoms with Crippen LogP contribution in [-0.2, 0) is 9.59 Å². The van der Waals surface area contributed by atoms with E-state index in [9.17, 15) is 9.59 Å². The minimum atomic E-state index is -0.129. The number of amides is 2. The molecule has 4 nitrogen and oxygen atoms in total. The number of piperazine rings is 1. The van der Waals surface area contributed by atoms with Crippen LogP contribution in [0.2, 0.25) is 0 Å². The number of piperidine rings is 2. The average Bonchev–Trinajstić information content (AvgIpc) is 2.36. The van der Waals surface area contributed by atoms with Crippen LogP contribution in [0.3, 0.4) is 0 Å². The van der Waals surface area contributed by atoms with E-state index in [0.29, 0.717) is 0 Å². The molecule has 88 valence electrons. The summed E-state index contributed by atoms with van der Waals surface area (Å²) in [5.41, 5.74) is 0. The van der Waals surface area contributed by atoms with Crippen LogP contribution >= 0.6 is 0 Å². The molecule has 0 aromatic carbocycles. The van der Waals surface area contributed by atoms with Gasteiger partial charge in [-0.1, -0.05) is 0 Å². The van der Waals surface area contributed by atoms with Gasteiger partial charge in [0.25, 0.3) is 0 Å². The molecule has 3 saturated heterocycles. The number of carbonyl (C=O) groups excluding carboxylic acids is 2. The molecule has 3 fully saturated rings. The third-order valence-corrected chi connectivity index (χ3v) is 4.14. The number of nitrogens with zero attached hydrogens (tertiary/aromatic N) is 2. The summed E-state index contributed by atoms with van der Waals surface area (Å²) in [4.78, 5) is 28.2. The normalized spacial score (nSPS) is 34.8. The van der Waals surface area contributed by atoms with Crippen LogP contribution in [0.15, 0.2) is 0 Å². The monoisotopic (exact) mass is 222 g/mol. The second kappa shape index (κ2) is 3.75. The molecule has 0 unspecified atom stereocenters. The molecule has 16 heavy (non-hydrogen) atoms. The fraction of sp³-hybridized carbons (Fsp3) is 0.833. The molecule has 3 aliphatic heterocycles. The predicted molar refractivity (Wildman–Crippen MR) is 58.7 cm³/mol. The first kappa shape index (κ1) is 10.1. The van der Waals surface area contributed by atoms with Crippen molar-refractivity contribution in [3.05, 3.63) is 0 Å². The average molecular weight is 222 g/mol. The van der Waals surface area contributed by atoms with Gasteiger partial charge in [-0.05, 0) is 38.5 Å². The van der Waals surface area contributed by atoms with E-state index < -0.39 is 0 Å². The summed E-state index contributed by atoms with van der Waals surface area (Å²) < 4.78 is 0. The summed E-state index contributed by atoms with van der Waals surface area (Å²) in [7, 11) is 0. The molecule has 0 N–H and O–H groups in total. The Hall–Kier alpha value is -1.06. The molecule has 0 aromatic heterocycles. The summed E-state index contributed by atoms with van der Waals surface area (Å²) in [6, 6.07) is -0.258.